The van der Waals surface area contributed by atoms with Crippen molar-refractivity contribution >= 4 is 23.6 Å². The van der Waals surface area contributed by atoms with Crippen molar-refractivity contribution in [1.82, 2.24) is 19.8 Å². The number of nitrogens with zero attached hydrogens (tertiary/aromatic N) is 4. The molecule has 1 aliphatic carbocycles. The Morgan fingerprint density at radius 2 is 2.13 bits per heavy atom. The molecule has 8 heteroatoms. The first-order chi connectivity index (χ1) is 14.6. The van der Waals surface area contributed by atoms with Crippen LogP contribution >= 0.6 is 11.8 Å². The first-order valence-corrected chi connectivity index (χ1v) is 11.8. The van der Waals surface area contributed by atoms with Gasteiger partial charge in [0.05, 0.1) is 30.2 Å². The highest BCUT2D eigenvalue weighted by atomic mass is 32.2. The fraction of sp³-hybridized carbons (Fsp3) is 0.636. The van der Waals surface area contributed by atoms with Crippen molar-refractivity contribution in [3.8, 4) is 6.07 Å². The molecule has 3 aliphatic rings. The van der Waals surface area contributed by atoms with Crippen molar-refractivity contribution in [1.29, 1.82) is 5.26 Å². The molecule has 1 fully saturated rings. The van der Waals surface area contributed by atoms with Crippen LogP contribution in [0.1, 0.15) is 51.4 Å². The zero-order valence-corrected chi connectivity index (χ0v) is 18.1. The largest absolute Gasteiger partial charge is 0.342 e. The number of hydrogen-bond donors (Lipinski definition) is 1. The van der Waals surface area contributed by atoms with Crippen molar-refractivity contribution in [2.75, 3.05) is 13.1 Å². The predicted molar refractivity (Wildman–Crippen MR) is 115 cm³/mol. The smallest absolute Gasteiger partial charge is 0.242 e. The number of nitrogens with one attached hydrogen (secondary N) is 1. The summed E-state index contributed by atoms with van der Waals surface area (Å²) in [4.78, 5) is 32.0. The molecular formula is C22H29N5O2S. The molecule has 7 nitrogen and oxygen atoms in total. The predicted octanol–water partition coefficient (Wildman–Crippen LogP) is 3.06. The summed E-state index contributed by atoms with van der Waals surface area (Å²) in [6, 6.07) is 2.40. The highest BCUT2D eigenvalue weighted by molar-refractivity contribution is 8.04. The number of carbonyl (C=O) groups excluding carboxylic acids is 2. The lowest BCUT2D eigenvalue weighted by molar-refractivity contribution is -0.131. The lowest BCUT2D eigenvalue weighted by atomic mass is 9.86. The van der Waals surface area contributed by atoms with Gasteiger partial charge < -0.3 is 14.8 Å². The van der Waals surface area contributed by atoms with Gasteiger partial charge in [0.15, 0.2) is 0 Å². The molecule has 0 aromatic carbocycles. The summed E-state index contributed by atoms with van der Waals surface area (Å²) in [7, 11) is 0. The lowest BCUT2D eigenvalue weighted by Crippen LogP contribution is -2.38. The quantitative estimate of drug-likeness (QED) is 0.753. The summed E-state index contributed by atoms with van der Waals surface area (Å²) >= 11 is 1.56. The molecule has 0 saturated heterocycles. The highest BCUT2D eigenvalue weighted by Crippen LogP contribution is 2.44. The van der Waals surface area contributed by atoms with Gasteiger partial charge in [0.25, 0.3) is 0 Å². The van der Waals surface area contributed by atoms with Gasteiger partial charge in [0, 0.05) is 30.3 Å². The number of nitriles is 1. The number of amides is 2. The monoisotopic (exact) mass is 427 g/mol. The molecule has 2 aliphatic heterocycles. The van der Waals surface area contributed by atoms with Gasteiger partial charge in [-0.3, -0.25) is 9.59 Å². The van der Waals surface area contributed by atoms with E-state index in [1.807, 2.05) is 4.90 Å². The Hall–Kier alpha value is -2.27. The van der Waals surface area contributed by atoms with E-state index in [-0.39, 0.29) is 29.7 Å². The van der Waals surface area contributed by atoms with Gasteiger partial charge in [-0.15, -0.1) is 11.8 Å². The summed E-state index contributed by atoms with van der Waals surface area (Å²) in [5.74, 6) is 0.475. The fourth-order valence-electron chi connectivity index (χ4n) is 4.74. The van der Waals surface area contributed by atoms with Crippen LogP contribution in [0.15, 0.2) is 29.2 Å². The number of thioether (sulfide) groups is 1. The maximum Gasteiger partial charge on any atom is 0.242 e. The molecule has 1 N–H and O–H groups in total. The molecule has 3 heterocycles. The van der Waals surface area contributed by atoms with Crippen LogP contribution in [0.4, 0.5) is 0 Å². The third-order valence-electron chi connectivity index (χ3n) is 6.47. The number of rotatable bonds is 6. The molecular weight excluding hydrogens is 398 g/mol. The molecule has 2 unspecified atom stereocenters. The van der Waals surface area contributed by atoms with Crippen LogP contribution < -0.4 is 5.32 Å². The first kappa shape index (κ1) is 21.0. The van der Waals surface area contributed by atoms with Crippen molar-refractivity contribution < 1.29 is 9.59 Å². The van der Waals surface area contributed by atoms with Crippen molar-refractivity contribution in [3.63, 3.8) is 0 Å². The maximum atomic E-state index is 12.6. The molecule has 1 aromatic rings. The summed E-state index contributed by atoms with van der Waals surface area (Å²) < 4.78 is 1.77. The molecule has 0 radical (unpaired) electrons. The second-order valence-corrected chi connectivity index (χ2v) is 9.74. The van der Waals surface area contributed by atoms with E-state index in [9.17, 15) is 14.9 Å². The second kappa shape index (κ2) is 9.69. The van der Waals surface area contributed by atoms with Crippen molar-refractivity contribution in [2.24, 2.45) is 11.8 Å². The number of aromatic nitrogens is 2. The Labute approximate surface area is 181 Å². The SMILES string of the molecule is N#CC1C2=C(CN(C(=O)Cn3ccnc3)CC2)SC1NC(=O)CCC1CCCCC1. The van der Waals surface area contributed by atoms with Gasteiger partial charge in [0.2, 0.25) is 11.8 Å². The van der Waals surface area contributed by atoms with E-state index >= 15 is 0 Å². The standard InChI is InChI=1S/C22H29N5O2S/c23-12-18-17-8-10-27(21(29)14-26-11-9-24-15-26)13-19(17)30-22(18)25-20(28)7-6-16-4-2-1-3-5-16/h9,11,15-16,18,22H,1-8,10,13-14H2,(H,25,28). The molecule has 1 saturated carbocycles. The minimum atomic E-state index is -0.297. The summed E-state index contributed by atoms with van der Waals surface area (Å²) in [6.45, 7) is 1.42. The topological polar surface area (TPSA) is 91.0 Å². The molecule has 2 amide bonds. The van der Waals surface area contributed by atoms with E-state index in [0.29, 0.717) is 31.8 Å². The van der Waals surface area contributed by atoms with Crippen molar-refractivity contribution in [2.45, 2.75) is 63.3 Å². The van der Waals surface area contributed by atoms with Gasteiger partial charge in [0.1, 0.15) is 6.54 Å². The van der Waals surface area contributed by atoms with E-state index < -0.39 is 0 Å². The maximum absolute atomic E-state index is 12.6. The van der Waals surface area contributed by atoms with Crippen LogP contribution in [-0.2, 0) is 16.1 Å². The first-order valence-electron chi connectivity index (χ1n) is 10.9. The summed E-state index contributed by atoms with van der Waals surface area (Å²) in [5.41, 5.74) is 1.10. The molecule has 30 heavy (non-hydrogen) atoms. The molecule has 0 spiro atoms. The van der Waals surface area contributed by atoms with Crippen LogP contribution in [0.2, 0.25) is 0 Å². The van der Waals surface area contributed by atoms with E-state index in [0.717, 1.165) is 16.9 Å². The summed E-state index contributed by atoms with van der Waals surface area (Å²) in [6.07, 6.45) is 13.6. The van der Waals surface area contributed by atoms with E-state index in [1.165, 1.54) is 32.1 Å². The molecule has 2 atom stereocenters. The average Bonchev–Trinajstić information content (AvgIpc) is 3.39. The Kier molecular flexibility index (Phi) is 6.78. The fourth-order valence-corrected chi connectivity index (χ4v) is 6.21. The van der Waals surface area contributed by atoms with Crippen molar-refractivity contribution in [3.05, 3.63) is 29.2 Å². The van der Waals surface area contributed by atoms with Crippen LogP contribution in [-0.4, -0.2) is 44.7 Å². The Morgan fingerprint density at radius 3 is 2.87 bits per heavy atom. The van der Waals surface area contributed by atoms with E-state index in [1.54, 1.807) is 35.0 Å². The average molecular weight is 428 g/mol. The third kappa shape index (κ3) is 4.89. The van der Waals surface area contributed by atoms with Crippen LogP contribution in [0, 0.1) is 23.2 Å². The van der Waals surface area contributed by atoms with Crippen LogP contribution in [0.5, 0.6) is 0 Å². The number of hydrogen-bond acceptors (Lipinski definition) is 5. The van der Waals surface area contributed by atoms with Gasteiger partial charge in [-0.25, -0.2) is 4.98 Å². The second-order valence-electron chi connectivity index (χ2n) is 8.50. The summed E-state index contributed by atoms with van der Waals surface area (Å²) in [5, 5.41) is 12.6. The number of imidazole rings is 1. The van der Waals surface area contributed by atoms with E-state index in [4.69, 9.17) is 0 Å². The number of carbonyl (C=O) groups is 2. The van der Waals surface area contributed by atoms with Crippen LogP contribution in [0.3, 0.4) is 0 Å². The molecule has 1 aromatic heterocycles. The van der Waals surface area contributed by atoms with Gasteiger partial charge in [-0.2, -0.15) is 5.26 Å². The Morgan fingerprint density at radius 1 is 1.30 bits per heavy atom. The molecule has 160 valence electrons. The zero-order valence-electron chi connectivity index (χ0n) is 17.3. The Bertz CT molecular complexity index is 838. The Balaban J connectivity index is 1.30. The lowest BCUT2D eigenvalue weighted by Gasteiger charge is -2.28. The molecule has 4 rings (SSSR count). The van der Waals surface area contributed by atoms with Gasteiger partial charge >= 0.3 is 0 Å². The van der Waals surface area contributed by atoms with E-state index in [2.05, 4.69) is 16.4 Å². The van der Waals surface area contributed by atoms with Crippen LogP contribution in [0.25, 0.3) is 0 Å². The van der Waals surface area contributed by atoms with Gasteiger partial charge in [-0.1, -0.05) is 32.1 Å². The molecule has 0 bridgehead atoms. The van der Waals surface area contributed by atoms with Gasteiger partial charge in [-0.05, 0) is 24.3 Å². The minimum Gasteiger partial charge on any atom is -0.342 e. The minimum absolute atomic E-state index is 0.0474. The highest BCUT2D eigenvalue weighted by Gasteiger charge is 2.39. The normalized spacial score (nSPS) is 24.4. The zero-order chi connectivity index (χ0) is 20.9. The third-order valence-corrected chi connectivity index (χ3v) is 7.79.